The molecule has 1 amide bonds. The van der Waals surface area contributed by atoms with E-state index in [1.807, 2.05) is 36.4 Å². The maximum atomic E-state index is 12.4. The normalized spacial score (nSPS) is 13.2. The second kappa shape index (κ2) is 15.2. The van der Waals surface area contributed by atoms with Crippen molar-refractivity contribution in [1.82, 2.24) is 30.2 Å². The third-order valence-corrected chi connectivity index (χ3v) is 7.78. The van der Waals surface area contributed by atoms with Gasteiger partial charge in [-0.05, 0) is 81.0 Å². The summed E-state index contributed by atoms with van der Waals surface area (Å²) in [5.41, 5.74) is 3.84. The smallest absolute Gasteiger partial charge is 0.326 e. The summed E-state index contributed by atoms with van der Waals surface area (Å²) < 4.78 is 0. The lowest BCUT2D eigenvalue weighted by Crippen LogP contribution is -2.39. The number of rotatable bonds is 15. The Hall–Kier alpha value is -4.64. The molecule has 44 heavy (non-hydrogen) atoms. The molecular weight excluding hydrogens is 556 g/mol. The number of fused-ring (bicyclic) bond motifs is 2. The first-order valence-electron chi connectivity index (χ1n) is 15.3. The molecule has 4 N–H and O–H groups in total. The van der Waals surface area contributed by atoms with E-state index >= 15 is 0 Å². The average Bonchev–Trinajstić information content (AvgIpc) is 3.04. The van der Waals surface area contributed by atoms with Gasteiger partial charge < -0.3 is 26.0 Å². The summed E-state index contributed by atoms with van der Waals surface area (Å²) in [4.78, 5) is 44.5. The van der Waals surface area contributed by atoms with E-state index in [1.54, 1.807) is 12.4 Å². The molecule has 5 rings (SSSR count). The molecule has 1 aromatic carbocycles. The number of hydrogen-bond acceptors (Lipinski definition) is 9. The summed E-state index contributed by atoms with van der Waals surface area (Å²) in [6, 6.07) is 14.7. The van der Waals surface area contributed by atoms with Gasteiger partial charge in [-0.1, -0.05) is 18.2 Å². The van der Waals surface area contributed by atoms with Gasteiger partial charge in [0, 0.05) is 62.1 Å². The van der Waals surface area contributed by atoms with Crippen molar-refractivity contribution in [3.63, 3.8) is 0 Å². The predicted molar refractivity (Wildman–Crippen MR) is 172 cm³/mol. The third-order valence-electron chi connectivity index (χ3n) is 7.78. The fourth-order valence-electron chi connectivity index (χ4n) is 5.42. The molecule has 230 valence electrons. The highest BCUT2D eigenvalue weighted by Gasteiger charge is 2.21. The Labute approximate surface area is 257 Å². The molecule has 0 saturated carbocycles. The number of carboxylic acid groups (broad SMARTS) is 1. The predicted octanol–water partition coefficient (Wildman–Crippen LogP) is 4.16. The molecule has 1 aliphatic rings. The Morgan fingerprint density at radius 1 is 1.02 bits per heavy atom. The number of aliphatic carboxylic acids is 1. The van der Waals surface area contributed by atoms with Gasteiger partial charge in [0.05, 0.1) is 5.52 Å². The van der Waals surface area contributed by atoms with E-state index in [0.29, 0.717) is 43.2 Å². The third kappa shape index (κ3) is 8.47. The van der Waals surface area contributed by atoms with Crippen molar-refractivity contribution in [2.24, 2.45) is 0 Å². The average molecular weight is 597 g/mol. The molecule has 3 aromatic heterocycles. The van der Waals surface area contributed by atoms with Gasteiger partial charge in [-0.15, -0.1) is 0 Å². The minimum atomic E-state index is -0.954. The Balaban J connectivity index is 1.23. The summed E-state index contributed by atoms with van der Waals surface area (Å²) >= 11 is 0. The van der Waals surface area contributed by atoms with Gasteiger partial charge in [-0.2, -0.15) is 0 Å². The number of aryl methyl sites for hydroxylation is 2. The largest absolute Gasteiger partial charge is 0.480 e. The lowest BCUT2D eigenvalue weighted by atomic mass is 10.1. The zero-order valence-electron chi connectivity index (χ0n) is 25.1. The van der Waals surface area contributed by atoms with Crippen LogP contribution in [0.1, 0.15) is 43.9 Å². The van der Waals surface area contributed by atoms with E-state index in [1.165, 1.54) is 12.5 Å². The van der Waals surface area contributed by atoms with Crippen LogP contribution in [0.5, 0.6) is 0 Å². The summed E-state index contributed by atoms with van der Waals surface area (Å²) in [6.45, 7) is 4.94. The van der Waals surface area contributed by atoms with Crippen molar-refractivity contribution < 1.29 is 14.7 Å². The number of carbonyl (C=O) groups excluding carboxylic acids is 1. The van der Waals surface area contributed by atoms with E-state index in [4.69, 9.17) is 9.97 Å². The molecule has 0 radical (unpaired) electrons. The van der Waals surface area contributed by atoms with Gasteiger partial charge in [0.25, 0.3) is 0 Å². The van der Waals surface area contributed by atoms with Crippen LogP contribution in [0.3, 0.4) is 0 Å². The first-order chi connectivity index (χ1) is 21.5. The molecule has 0 saturated heterocycles. The Bertz CT molecular complexity index is 1570. The highest BCUT2D eigenvalue weighted by Crippen LogP contribution is 2.25. The SMILES string of the molecule is CC(=O)NCCN(CCCCc1ccc2c(n1)NCCC2)CC[C@H](Nc1nc(-c2cccnc2)nc2ccccc12)C(=O)O. The monoisotopic (exact) mass is 596 g/mol. The molecule has 4 heterocycles. The van der Waals surface area contributed by atoms with E-state index < -0.39 is 12.0 Å². The van der Waals surface area contributed by atoms with Crippen LogP contribution < -0.4 is 16.0 Å². The summed E-state index contributed by atoms with van der Waals surface area (Å²) in [6.07, 6.45) is 8.72. The van der Waals surface area contributed by atoms with Gasteiger partial charge in [-0.3, -0.25) is 9.78 Å². The number of amides is 1. The maximum Gasteiger partial charge on any atom is 0.326 e. The number of unbranched alkanes of at least 4 members (excludes halogenated alkanes) is 1. The van der Waals surface area contributed by atoms with Crippen molar-refractivity contribution in [1.29, 1.82) is 0 Å². The number of nitrogens with zero attached hydrogens (tertiary/aromatic N) is 5. The topological polar surface area (TPSA) is 145 Å². The van der Waals surface area contributed by atoms with Crippen LogP contribution in [0, 0.1) is 0 Å². The Morgan fingerprint density at radius 3 is 2.73 bits per heavy atom. The second-order valence-electron chi connectivity index (χ2n) is 11.1. The molecule has 11 heteroatoms. The number of para-hydroxylation sites is 1. The van der Waals surface area contributed by atoms with Crippen LogP contribution in [0.25, 0.3) is 22.3 Å². The molecule has 0 aliphatic carbocycles. The Kier molecular flexibility index (Phi) is 10.6. The number of carbonyl (C=O) groups is 2. The van der Waals surface area contributed by atoms with Crippen LogP contribution in [0.4, 0.5) is 11.6 Å². The minimum absolute atomic E-state index is 0.0813. The quantitative estimate of drug-likeness (QED) is 0.148. The van der Waals surface area contributed by atoms with Gasteiger partial charge in [0.1, 0.15) is 17.7 Å². The molecular formula is C33H40N8O3. The molecule has 11 nitrogen and oxygen atoms in total. The number of hydrogen-bond donors (Lipinski definition) is 4. The summed E-state index contributed by atoms with van der Waals surface area (Å²) in [5.74, 6) is 0.928. The lowest BCUT2D eigenvalue weighted by Gasteiger charge is -2.25. The molecule has 1 aliphatic heterocycles. The van der Waals surface area contributed by atoms with Crippen molar-refractivity contribution in [3.05, 3.63) is 72.2 Å². The van der Waals surface area contributed by atoms with Crippen molar-refractivity contribution in [3.8, 4) is 11.4 Å². The number of anilines is 2. The fourth-order valence-corrected chi connectivity index (χ4v) is 5.42. The molecule has 0 bridgehead atoms. The maximum absolute atomic E-state index is 12.4. The second-order valence-corrected chi connectivity index (χ2v) is 11.1. The van der Waals surface area contributed by atoms with Crippen molar-refractivity contribution in [2.45, 2.75) is 51.5 Å². The van der Waals surface area contributed by atoms with Gasteiger partial charge in [-0.25, -0.2) is 19.7 Å². The van der Waals surface area contributed by atoms with Gasteiger partial charge in [0.15, 0.2) is 5.82 Å². The molecule has 4 aromatic rings. The zero-order valence-corrected chi connectivity index (χ0v) is 25.1. The highest BCUT2D eigenvalue weighted by molar-refractivity contribution is 5.92. The zero-order chi connectivity index (χ0) is 30.7. The summed E-state index contributed by atoms with van der Waals surface area (Å²) in [7, 11) is 0. The minimum Gasteiger partial charge on any atom is -0.480 e. The van der Waals surface area contributed by atoms with E-state index in [9.17, 15) is 14.7 Å². The number of aromatic nitrogens is 4. The summed E-state index contributed by atoms with van der Waals surface area (Å²) in [5, 5.41) is 20.4. The van der Waals surface area contributed by atoms with Crippen LogP contribution in [-0.2, 0) is 22.4 Å². The van der Waals surface area contributed by atoms with Gasteiger partial charge in [0.2, 0.25) is 5.91 Å². The number of carboxylic acids is 1. The van der Waals surface area contributed by atoms with E-state index in [2.05, 4.69) is 43.0 Å². The van der Waals surface area contributed by atoms with Crippen LogP contribution in [0.2, 0.25) is 0 Å². The van der Waals surface area contributed by atoms with E-state index in [-0.39, 0.29) is 5.91 Å². The molecule has 0 fully saturated rings. The first kappa shape index (κ1) is 30.8. The Morgan fingerprint density at radius 2 is 1.91 bits per heavy atom. The molecule has 0 spiro atoms. The molecule has 0 unspecified atom stereocenters. The lowest BCUT2D eigenvalue weighted by molar-refractivity contribution is -0.138. The standard InChI is InChI=1S/C33H40N8O3/c1-23(42)35-18-21-41(19-5-4-10-26-14-13-24-8-7-17-36-30(24)37-26)20-15-29(33(43)44)39-32-27-11-2-3-12-28(27)38-31(40-32)25-9-6-16-34-22-25/h2-3,6,9,11-14,16,22,29H,4-5,7-8,10,15,17-21H2,1H3,(H,35,42)(H,36,37)(H,43,44)(H,38,39,40)/t29-/m0/s1. The number of pyridine rings is 2. The van der Waals surface area contributed by atoms with E-state index in [0.717, 1.165) is 67.7 Å². The van der Waals surface area contributed by atoms with Gasteiger partial charge >= 0.3 is 5.97 Å². The number of benzene rings is 1. The van der Waals surface area contributed by atoms with Crippen LogP contribution >= 0.6 is 0 Å². The van der Waals surface area contributed by atoms with Crippen molar-refractivity contribution in [2.75, 3.05) is 43.4 Å². The van der Waals surface area contributed by atoms with Crippen molar-refractivity contribution >= 4 is 34.4 Å². The van der Waals surface area contributed by atoms with Crippen LogP contribution in [-0.4, -0.2) is 80.6 Å². The van der Waals surface area contributed by atoms with Crippen LogP contribution in [0.15, 0.2) is 60.9 Å². The fraction of sp³-hybridized carbons (Fsp3) is 0.394. The number of nitrogens with one attached hydrogen (secondary N) is 3. The highest BCUT2D eigenvalue weighted by atomic mass is 16.4. The first-order valence-corrected chi connectivity index (χ1v) is 15.3. The molecule has 1 atom stereocenters.